The molecule has 0 amide bonds. The van der Waals surface area contributed by atoms with Crippen molar-refractivity contribution < 1.29 is 14.6 Å². The lowest BCUT2D eigenvalue weighted by molar-refractivity contribution is -0.148. The molecule has 5 heteroatoms. The quantitative estimate of drug-likeness (QED) is 0.878. The van der Waals surface area contributed by atoms with E-state index in [2.05, 4.69) is 16.0 Å². The number of ether oxygens (including phenoxy) is 2. The highest BCUT2D eigenvalue weighted by Gasteiger charge is 2.51. The van der Waals surface area contributed by atoms with Gasteiger partial charge in [-0.3, -0.25) is 9.88 Å². The van der Waals surface area contributed by atoms with Gasteiger partial charge < -0.3 is 14.6 Å². The number of para-hydroxylation sites is 1. The first-order chi connectivity index (χ1) is 13.2. The van der Waals surface area contributed by atoms with Gasteiger partial charge in [0.2, 0.25) is 0 Å². The second-order valence-corrected chi connectivity index (χ2v) is 7.74. The number of aromatic nitrogens is 1. The van der Waals surface area contributed by atoms with E-state index in [1.807, 2.05) is 30.5 Å². The molecule has 1 aliphatic heterocycles. The molecule has 1 N–H and O–H groups in total. The lowest BCUT2D eigenvalue weighted by Gasteiger charge is -2.53. The van der Waals surface area contributed by atoms with Crippen LogP contribution in [0.5, 0.6) is 11.5 Å². The molecule has 2 bridgehead atoms. The van der Waals surface area contributed by atoms with E-state index in [4.69, 9.17) is 9.47 Å². The SMILES string of the molecule is COc1cccc(CN2CC3CCCC(C2)C3(O)c2cccnc2)c1OC. The van der Waals surface area contributed by atoms with Gasteiger partial charge in [0.25, 0.3) is 0 Å². The molecule has 144 valence electrons. The second-order valence-electron chi connectivity index (χ2n) is 7.74. The van der Waals surface area contributed by atoms with Crippen molar-refractivity contribution in [2.75, 3.05) is 27.3 Å². The molecule has 4 rings (SSSR count). The molecule has 2 atom stereocenters. The van der Waals surface area contributed by atoms with Crippen LogP contribution >= 0.6 is 0 Å². The van der Waals surface area contributed by atoms with E-state index in [9.17, 15) is 5.11 Å². The molecular formula is C22H28N2O3. The zero-order valence-electron chi connectivity index (χ0n) is 16.1. The Hall–Kier alpha value is -2.11. The Morgan fingerprint density at radius 3 is 2.52 bits per heavy atom. The van der Waals surface area contributed by atoms with E-state index in [1.165, 1.54) is 6.42 Å². The third-order valence-corrected chi connectivity index (χ3v) is 6.31. The Morgan fingerprint density at radius 1 is 1.11 bits per heavy atom. The van der Waals surface area contributed by atoms with Crippen molar-refractivity contribution in [2.45, 2.75) is 31.4 Å². The minimum Gasteiger partial charge on any atom is -0.493 e. The highest BCUT2D eigenvalue weighted by atomic mass is 16.5. The first-order valence-corrected chi connectivity index (χ1v) is 9.72. The third-order valence-electron chi connectivity index (χ3n) is 6.31. The topological polar surface area (TPSA) is 54.8 Å². The lowest BCUT2D eigenvalue weighted by Crippen LogP contribution is -2.57. The molecule has 2 aromatic rings. The van der Waals surface area contributed by atoms with Crippen LogP contribution in [0, 0.1) is 11.8 Å². The molecule has 27 heavy (non-hydrogen) atoms. The van der Waals surface area contributed by atoms with Crippen molar-refractivity contribution >= 4 is 0 Å². The number of piperidine rings is 1. The molecule has 1 saturated heterocycles. The van der Waals surface area contributed by atoms with Crippen molar-refractivity contribution in [3.63, 3.8) is 0 Å². The molecule has 0 radical (unpaired) electrons. The molecule has 5 nitrogen and oxygen atoms in total. The summed E-state index contributed by atoms with van der Waals surface area (Å²) in [7, 11) is 3.36. The van der Waals surface area contributed by atoms with Crippen molar-refractivity contribution in [3.8, 4) is 11.5 Å². The average Bonchev–Trinajstić information content (AvgIpc) is 2.69. The van der Waals surface area contributed by atoms with Gasteiger partial charge in [-0.05, 0) is 25.0 Å². The molecule has 1 aromatic carbocycles. The molecule has 2 heterocycles. The van der Waals surface area contributed by atoms with Crippen LogP contribution in [-0.2, 0) is 12.1 Å². The van der Waals surface area contributed by atoms with Crippen molar-refractivity contribution in [1.29, 1.82) is 0 Å². The number of nitrogens with zero attached hydrogens (tertiary/aromatic N) is 2. The van der Waals surface area contributed by atoms with Gasteiger partial charge in [0.1, 0.15) is 0 Å². The number of benzene rings is 1. The van der Waals surface area contributed by atoms with Crippen LogP contribution in [-0.4, -0.2) is 42.3 Å². The molecule has 2 aliphatic rings. The number of fused-ring (bicyclic) bond motifs is 2. The second kappa shape index (κ2) is 7.49. The summed E-state index contributed by atoms with van der Waals surface area (Å²) < 4.78 is 11.0. The summed E-state index contributed by atoms with van der Waals surface area (Å²) in [4.78, 5) is 6.71. The molecule has 2 fully saturated rings. The number of aliphatic hydroxyl groups is 1. The van der Waals surface area contributed by atoms with Crippen LogP contribution < -0.4 is 9.47 Å². The van der Waals surface area contributed by atoms with Gasteiger partial charge in [-0.1, -0.05) is 24.6 Å². The van der Waals surface area contributed by atoms with Gasteiger partial charge in [-0.25, -0.2) is 0 Å². The summed E-state index contributed by atoms with van der Waals surface area (Å²) in [5.74, 6) is 2.02. The Kier molecular flexibility index (Phi) is 5.06. The fraction of sp³-hybridized carbons (Fsp3) is 0.500. The standard InChI is InChI=1S/C22H28N2O3/c1-26-20-10-3-6-16(21(20)27-2)13-24-14-18-7-4-8-19(15-24)22(18,25)17-9-5-11-23-12-17/h3,5-6,9-12,18-19,25H,4,7-8,13-15H2,1-2H3. The van der Waals surface area contributed by atoms with Gasteiger partial charge in [0.05, 0.1) is 19.8 Å². The summed E-state index contributed by atoms with van der Waals surface area (Å²) in [5.41, 5.74) is 1.33. The fourth-order valence-corrected chi connectivity index (χ4v) is 5.06. The van der Waals surface area contributed by atoms with Gasteiger partial charge in [0, 0.05) is 55.0 Å². The smallest absolute Gasteiger partial charge is 0.165 e. The monoisotopic (exact) mass is 368 g/mol. The Labute approximate surface area is 160 Å². The predicted molar refractivity (Wildman–Crippen MR) is 104 cm³/mol. The summed E-state index contributed by atoms with van der Waals surface area (Å²) >= 11 is 0. The summed E-state index contributed by atoms with van der Waals surface area (Å²) in [6.07, 6.45) is 6.90. The van der Waals surface area contributed by atoms with Crippen LogP contribution in [0.4, 0.5) is 0 Å². The predicted octanol–water partition coefficient (Wildman–Crippen LogP) is 3.22. The largest absolute Gasteiger partial charge is 0.493 e. The Balaban J connectivity index is 1.58. The van der Waals surface area contributed by atoms with E-state index in [1.54, 1.807) is 20.4 Å². The number of rotatable bonds is 5. The number of hydrogen-bond acceptors (Lipinski definition) is 5. The van der Waals surface area contributed by atoms with Crippen molar-refractivity contribution in [1.82, 2.24) is 9.88 Å². The van der Waals surface area contributed by atoms with Crippen LogP contribution in [0.2, 0.25) is 0 Å². The maximum Gasteiger partial charge on any atom is 0.165 e. The number of likely N-dealkylation sites (tertiary alicyclic amines) is 1. The van der Waals surface area contributed by atoms with Crippen molar-refractivity contribution in [2.24, 2.45) is 11.8 Å². The maximum absolute atomic E-state index is 11.7. The van der Waals surface area contributed by atoms with Crippen LogP contribution in [0.25, 0.3) is 0 Å². The molecule has 0 spiro atoms. The first-order valence-electron chi connectivity index (χ1n) is 9.72. The van der Waals surface area contributed by atoms with Gasteiger partial charge in [0.15, 0.2) is 11.5 Å². The van der Waals surface area contributed by atoms with E-state index >= 15 is 0 Å². The minimum absolute atomic E-state index is 0.228. The Bertz CT molecular complexity index is 766. The van der Waals surface area contributed by atoms with Crippen molar-refractivity contribution in [3.05, 3.63) is 53.9 Å². The number of pyridine rings is 1. The average molecular weight is 368 g/mol. The summed E-state index contributed by atoms with van der Waals surface area (Å²) in [6.45, 7) is 2.56. The van der Waals surface area contributed by atoms with Crippen LogP contribution in [0.1, 0.15) is 30.4 Å². The molecule has 1 aliphatic carbocycles. The first kappa shape index (κ1) is 18.3. The number of hydrogen-bond donors (Lipinski definition) is 1. The molecule has 1 aromatic heterocycles. The number of methoxy groups -OCH3 is 2. The molecule has 1 saturated carbocycles. The lowest BCUT2D eigenvalue weighted by atomic mass is 9.63. The van der Waals surface area contributed by atoms with Crippen LogP contribution in [0.15, 0.2) is 42.7 Å². The maximum atomic E-state index is 11.7. The van der Waals surface area contributed by atoms with E-state index in [0.717, 1.165) is 55.1 Å². The third kappa shape index (κ3) is 3.19. The molecule has 2 unspecified atom stereocenters. The minimum atomic E-state index is -0.762. The zero-order valence-corrected chi connectivity index (χ0v) is 16.1. The van der Waals surface area contributed by atoms with Gasteiger partial charge >= 0.3 is 0 Å². The van der Waals surface area contributed by atoms with E-state index in [-0.39, 0.29) is 11.8 Å². The Morgan fingerprint density at radius 2 is 1.89 bits per heavy atom. The highest BCUT2D eigenvalue weighted by Crippen LogP contribution is 2.49. The molecular weight excluding hydrogens is 340 g/mol. The highest BCUT2D eigenvalue weighted by molar-refractivity contribution is 5.46. The van der Waals surface area contributed by atoms with Crippen LogP contribution in [0.3, 0.4) is 0 Å². The zero-order chi connectivity index (χ0) is 18.9. The summed E-state index contributed by atoms with van der Waals surface area (Å²) in [6, 6.07) is 9.98. The summed E-state index contributed by atoms with van der Waals surface area (Å²) in [5, 5.41) is 11.7. The van der Waals surface area contributed by atoms with E-state index in [0.29, 0.717) is 0 Å². The normalized spacial score (nSPS) is 28.0. The van der Waals surface area contributed by atoms with Gasteiger partial charge in [-0.2, -0.15) is 0 Å². The van der Waals surface area contributed by atoms with E-state index < -0.39 is 5.60 Å². The van der Waals surface area contributed by atoms with Gasteiger partial charge in [-0.15, -0.1) is 0 Å². The fourth-order valence-electron chi connectivity index (χ4n) is 5.06.